The van der Waals surface area contributed by atoms with Gasteiger partial charge in [0.15, 0.2) is 0 Å². The van der Waals surface area contributed by atoms with Crippen LogP contribution in [-0.2, 0) is 24.4 Å². The molecule has 3 aliphatic rings. The van der Waals surface area contributed by atoms with E-state index in [1.54, 1.807) is 20.8 Å². The Balaban J connectivity index is 1.20. The standard InChI is InChI=1S/C31H32O7S/c1-18(2)24-17-27(19(3)15-28(24)39(34,35)36)38-29(32)13-8-14-37-31(33)26-16-25-20-9-4-6-11-22(20)30(26)23-12-7-5-10-21(23)25/h4-7,9-12,15,17-18,25-26,30H,8,13-14,16H2,1-3H3,(H,34,35,36). The number of fused-ring (bicyclic) bond motifs is 1. The summed E-state index contributed by atoms with van der Waals surface area (Å²) in [4.78, 5) is 25.5. The third kappa shape index (κ3) is 5.23. The van der Waals surface area contributed by atoms with Gasteiger partial charge in [-0.25, -0.2) is 0 Å². The van der Waals surface area contributed by atoms with Gasteiger partial charge in [-0.05, 0) is 71.2 Å². The van der Waals surface area contributed by atoms with Gasteiger partial charge >= 0.3 is 11.9 Å². The predicted molar refractivity (Wildman–Crippen MR) is 146 cm³/mol. The van der Waals surface area contributed by atoms with Crippen LogP contribution in [0.2, 0.25) is 0 Å². The van der Waals surface area contributed by atoms with Crippen LogP contribution in [0.3, 0.4) is 0 Å². The number of benzene rings is 3. The lowest BCUT2D eigenvalue weighted by molar-refractivity contribution is -0.150. The molecular formula is C31H32O7S. The number of hydrogen-bond acceptors (Lipinski definition) is 6. The number of carbonyl (C=O) groups excluding carboxylic acids is 2. The molecule has 3 aromatic carbocycles. The molecule has 204 valence electrons. The summed E-state index contributed by atoms with van der Waals surface area (Å²) in [6.45, 7) is 5.28. The van der Waals surface area contributed by atoms with E-state index in [0.717, 1.165) is 0 Å². The van der Waals surface area contributed by atoms with E-state index >= 15 is 0 Å². The molecule has 3 aliphatic carbocycles. The van der Waals surface area contributed by atoms with Crippen LogP contribution in [0.1, 0.15) is 84.2 Å². The maximum absolute atomic E-state index is 13.2. The first kappa shape index (κ1) is 27.1. The molecule has 2 bridgehead atoms. The summed E-state index contributed by atoms with van der Waals surface area (Å²) in [6.07, 6.45) is 1.04. The Bertz CT molecular complexity index is 1490. The molecule has 1 N–H and O–H groups in total. The fourth-order valence-electron chi connectivity index (χ4n) is 6.00. The van der Waals surface area contributed by atoms with E-state index in [1.807, 2.05) is 24.3 Å². The maximum atomic E-state index is 13.2. The second-order valence-corrected chi connectivity index (χ2v) is 12.1. The van der Waals surface area contributed by atoms with Crippen molar-refractivity contribution in [2.75, 3.05) is 6.61 Å². The Morgan fingerprint density at radius 1 is 0.974 bits per heavy atom. The molecule has 39 heavy (non-hydrogen) atoms. The Labute approximate surface area is 228 Å². The van der Waals surface area contributed by atoms with Crippen LogP contribution in [0.25, 0.3) is 0 Å². The van der Waals surface area contributed by atoms with Gasteiger partial charge in [0.25, 0.3) is 10.1 Å². The lowest BCUT2D eigenvalue weighted by Gasteiger charge is -2.44. The zero-order chi connectivity index (χ0) is 27.9. The monoisotopic (exact) mass is 548 g/mol. The van der Waals surface area contributed by atoms with Gasteiger partial charge in [-0.3, -0.25) is 14.1 Å². The van der Waals surface area contributed by atoms with Crippen molar-refractivity contribution in [1.82, 2.24) is 0 Å². The first-order valence-corrected chi connectivity index (χ1v) is 14.7. The number of aryl methyl sites for hydroxylation is 1. The summed E-state index contributed by atoms with van der Waals surface area (Å²) in [5.41, 5.74) is 5.73. The Hall–Kier alpha value is -3.49. The molecule has 0 saturated heterocycles. The zero-order valence-electron chi connectivity index (χ0n) is 22.2. The van der Waals surface area contributed by atoms with Gasteiger partial charge in [0.1, 0.15) is 5.75 Å². The quantitative estimate of drug-likeness (QED) is 0.162. The molecule has 8 heteroatoms. The molecule has 0 saturated carbocycles. The molecule has 6 rings (SSSR count). The van der Waals surface area contributed by atoms with Gasteiger partial charge in [-0.2, -0.15) is 8.42 Å². The fraction of sp³-hybridized carbons (Fsp3) is 0.355. The van der Waals surface area contributed by atoms with Crippen LogP contribution >= 0.6 is 0 Å². The van der Waals surface area contributed by atoms with Crippen molar-refractivity contribution in [1.29, 1.82) is 0 Å². The molecule has 1 unspecified atom stereocenters. The third-order valence-corrected chi connectivity index (χ3v) is 8.72. The van der Waals surface area contributed by atoms with E-state index in [0.29, 0.717) is 24.0 Å². The minimum atomic E-state index is -4.41. The van der Waals surface area contributed by atoms with Gasteiger partial charge in [0, 0.05) is 18.3 Å². The Kier molecular flexibility index (Phi) is 7.35. The second-order valence-electron chi connectivity index (χ2n) is 10.7. The van der Waals surface area contributed by atoms with Gasteiger partial charge in [0.2, 0.25) is 0 Å². The number of hydrogen-bond donors (Lipinski definition) is 1. The van der Waals surface area contributed by atoms with Crippen molar-refractivity contribution in [2.45, 2.75) is 62.7 Å². The van der Waals surface area contributed by atoms with Crippen molar-refractivity contribution >= 4 is 22.1 Å². The van der Waals surface area contributed by atoms with E-state index in [9.17, 15) is 22.6 Å². The summed E-state index contributed by atoms with van der Waals surface area (Å²) >= 11 is 0. The van der Waals surface area contributed by atoms with Crippen LogP contribution < -0.4 is 4.74 Å². The van der Waals surface area contributed by atoms with Gasteiger partial charge in [0.05, 0.1) is 17.4 Å². The molecule has 0 heterocycles. The average Bonchev–Trinajstić information content (AvgIpc) is 2.91. The minimum Gasteiger partial charge on any atom is -0.465 e. The van der Waals surface area contributed by atoms with Crippen molar-refractivity contribution in [2.24, 2.45) is 5.92 Å². The van der Waals surface area contributed by atoms with Crippen molar-refractivity contribution < 1.29 is 32.0 Å². The number of ether oxygens (including phenoxy) is 2. The summed E-state index contributed by atoms with van der Waals surface area (Å²) in [5, 5.41) is 0. The van der Waals surface area contributed by atoms with E-state index < -0.39 is 16.1 Å². The highest BCUT2D eigenvalue weighted by molar-refractivity contribution is 7.85. The number of rotatable bonds is 8. The van der Waals surface area contributed by atoms with E-state index in [-0.39, 0.29) is 53.3 Å². The average molecular weight is 549 g/mol. The minimum absolute atomic E-state index is 0.0339. The summed E-state index contributed by atoms with van der Waals surface area (Å²) < 4.78 is 44.2. The normalized spacial score (nSPS) is 19.4. The van der Waals surface area contributed by atoms with Crippen LogP contribution in [0.4, 0.5) is 0 Å². The molecule has 3 aromatic rings. The van der Waals surface area contributed by atoms with Gasteiger partial charge in [-0.15, -0.1) is 0 Å². The summed E-state index contributed by atoms with van der Waals surface area (Å²) in [6, 6.07) is 19.4. The third-order valence-electron chi connectivity index (χ3n) is 7.81. The molecule has 1 atom stereocenters. The van der Waals surface area contributed by atoms with Crippen molar-refractivity contribution in [3.05, 3.63) is 94.0 Å². The number of esters is 2. The fourth-order valence-corrected chi connectivity index (χ4v) is 6.92. The lowest BCUT2D eigenvalue weighted by Crippen LogP contribution is -2.37. The highest BCUT2D eigenvalue weighted by atomic mass is 32.2. The molecule has 0 spiro atoms. The smallest absolute Gasteiger partial charge is 0.311 e. The van der Waals surface area contributed by atoms with E-state index in [4.69, 9.17) is 9.47 Å². The molecule has 0 aromatic heterocycles. The Morgan fingerprint density at radius 2 is 1.56 bits per heavy atom. The van der Waals surface area contributed by atoms with E-state index in [2.05, 4.69) is 24.3 Å². The summed E-state index contributed by atoms with van der Waals surface area (Å²) in [5.74, 6) is -0.879. The molecule has 0 radical (unpaired) electrons. The molecular weight excluding hydrogens is 516 g/mol. The van der Waals surface area contributed by atoms with Crippen LogP contribution in [0.5, 0.6) is 5.75 Å². The maximum Gasteiger partial charge on any atom is 0.311 e. The van der Waals surface area contributed by atoms with Gasteiger partial charge < -0.3 is 9.47 Å². The van der Waals surface area contributed by atoms with Crippen molar-refractivity contribution in [3.63, 3.8) is 0 Å². The molecule has 7 nitrogen and oxygen atoms in total. The SMILES string of the molecule is Cc1cc(S(=O)(=O)O)c(C(C)C)cc1OC(=O)CCCOC(=O)C1CC2c3ccccc3C1c1ccccc12. The molecule has 0 amide bonds. The van der Waals surface area contributed by atoms with Crippen LogP contribution in [0.15, 0.2) is 65.6 Å². The van der Waals surface area contributed by atoms with Crippen molar-refractivity contribution in [3.8, 4) is 5.75 Å². The predicted octanol–water partition coefficient (Wildman–Crippen LogP) is 5.89. The highest BCUT2D eigenvalue weighted by Gasteiger charge is 2.46. The largest absolute Gasteiger partial charge is 0.465 e. The topological polar surface area (TPSA) is 107 Å². The Morgan fingerprint density at radius 3 is 2.13 bits per heavy atom. The van der Waals surface area contributed by atoms with Gasteiger partial charge in [-0.1, -0.05) is 62.4 Å². The first-order valence-electron chi connectivity index (χ1n) is 13.2. The zero-order valence-corrected chi connectivity index (χ0v) is 23.0. The molecule has 0 fully saturated rings. The second kappa shape index (κ2) is 10.6. The molecule has 0 aliphatic heterocycles. The van der Waals surface area contributed by atoms with Crippen LogP contribution in [-0.4, -0.2) is 31.5 Å². The lowest BCUT2D eigenvalue weighted by atomic mass is 9.59. The number of carbonyl (C=O) groups is 2. The first-order chi connectivity index (χ1) is 18.6. The highest BCUT2D eigenvalue weighted by Crippen LogP contribution is 2.55. The van der Waals surface area contributed by atoms with Crippen LogP contribution in [0, 0.1) is 12.8 Å². The summed E-state index contributed by atoms with van der Waals surface area (Å²) in [7, 11) is -4.41. The van der Waals surface area contributed by atoms with E-state index in [1.165, 1.54) is 34.4 Å².